The highest BCUT2D eigenvalue weighted by Crippen LogP contribution is 2.28. The fraction of sp³-hybridized carbons (Fsp3) is 0.462. The number of carbonyl (C=O) groups is 2. The molecule has 0 bridgehead atoms. The molecule has 2 aromatic heterocycles. The van der Waals surface area contributed by atoms with Gasteiger partial charge >= 0.3 is 5.97 Å². The summed E-state index contributed by atoms with van der Waals surface area (Å²) in [5, 5.41) is 5.88. The second-order valence-electron chi connectivity index (χ2n) is 9.47. The average molecular weight is 498 g/mol. The van der Waals surface area contributed by atoms with Crippen molar-refractivity contribution in [1.82, 2.24) is 24.6 Å². The topological polar surface area (TPSA) is 80.6 Å². The SMILES string of the molecule is COC(=O)C(c1ccc(Cl)cc1)N1CCN(C(=O)c2cc(C(C)C)nc3c2cnn3C(C)C)CC1. The van der Waals surface area contributed by atoms with Gasteiger partial charge in [-0.05, 0) is 43.5 Å². The molecular weight excluding hydrogens is 466 g/mol. The quantitative estimate of drug-likeness (QED) is 0.468. The first-order chi connectivity index (χ1) is 16.7. The van der Waals surface area contributed by atoms with Crippen LogP contribution in [0.15, 0.2) is 36.5 Å². The van der Waals surface area contributed by atoms with Crippen molar-refractivity contribution >= 4 is 34.5 Å². The molecule has 0 spiro atoms. The number of nitrogens with zero attached hydrogens (tertiary/aromatic N) is 5. The molecule has 1 unspecified atom stereocenters. The molecule has 1 aliphatic rings. The van der Waals surface area contributed by atoms with E-state index in [4.69, 9.17) is 21.3 Å². The number of methoxy groups -OCH3 is 1. The molecular formula is C26H32ClN5O3. The van der Waals surface area contributed by atoms with Gasteiger partial charge in [0.25, 0.3) is 5.91 Å². The maximum absolute atomic E-state index is 13.7. The van der Waals surface area contributed by atoms with Gasteiger partial charge in [-0.25, -0.2) is 14.5 Å². The van der Waals surface area contributed by atoms with Gasteiger partial charge in [0.2, 0.25) is 0 Å². The first-order valence-electron chi connectivity index (χ1n) is 12.0. The lowest BCUT2D eigenvalue weighted by molar-refractivity contribution is -0.148. The van der Waals surface area contributed by atoms with Crippen molar-refractivity contribution in [2.24, 2.45) is 0 Å². The molecule has 8 nitrogen and oxygen atoms in total. The van der Waals surface area contributed by atoms with Crippen molar-refractivity contribution in [1.29, 1.82) is 0 Å². The summed E-state index contributed by atoms with van der Waals surface area (Å²) in [6, 6.07) is 8.72. The van der Waals surface area contributed by atoms with Crippen LogP contribution in [0.25, 0.3) is 11.0 Å². The van der Waals surface area contributed by atoms with Crippen LogP contribution in [0, 0.1) is 0 Å². The first kappa shape index (κ1) is 25.1. The molecule has 1 amide bonds. The summed E-state index contributed by atoms with van der Waals surface area (Å²) in [6.07, 6.45) is 1.74. The molecule has 186 valence electrons. The predicted octanol–water partition coefficient (Wildman–Crippen LogP) is 4.46. The highest BCUT2D eigenvalue weighted by Gasteiger charge is 2.33. The normalized spacial score (nSPS) is 15.7. The van der Waals surface area contributed by atoms with E-state index in [9.17, 15) is 9.59 Å². The van der Waals surface area contributed by atoms with Crippen LogP contribution in [0.5, 0.6) is 0 Å². The van der Waals surface area contributed by atoms with Crippen molar-refractivity contribution in [3.8, 4) is 0 Å². The summed E-state index contributed by atoms with van der Waals surface area (Å²) in [4.78, 5) is 35.0. The average Bonchev–Trinajstić information content (AvgIpc) is 3.29. The molecule has 3 aromatic rings. The Bertz CT molecular complexity index is 1210. The van der Waals surface area contributed by atoms with Gasteiger partial charge in [0.05, 0.1) is 24.3 Å². The Morgan fingerprint density at radius 2 is 1.69 bits per heavy atom. The molecule has 1 fully saturated rings. The Morgan fingerprint density at radius 3 is 2.26 bits per heavy atom. The second-order valence-corrected chi connectivity index (χ2v) is 9.91. The van der Waals surface area contributed by atoms with E-state index < -0.39 is 6.04 Å². The van der Waals surface area contributed by atoms with Crippen LogP contribution < -0.4 is 0 Å². The molecule has 1 atom stereocenters. The van der Waals surface area contributed by atoms with E-state index in [2.05, 4.69) is 37.7 Å². The first-order valence-corrected chi connectivity index (χ1v) is 12.3. The van der Waals surface area contributed by atoms with Crippen LogP contribution in [0.1, 0.15) is 67.3 Å². The molecule has 1 aromatic carbocycles. The Labute approximate surface area is 210 Å². The Balaban J connectivity index is 1.58. The largest absolute Gasteiger partial charge is 0.468 e. The van der Waals surface area contributed by atoms with Crippen LogP contribution in [-0.2, 0) is 9.53 Å². The minimum atomic E-state index is -0.543. The zero-order chi connectivity index (χ0) is 25.3. The lowest BCUT2D eigenvalue weighted by Gasteiger charge is -2.38. The number of fused-ring (bicyclic) bond motifs is 1. The molecule has 1 aliphatic heterocycles. The third kappa shape index (κ3) is 5.04. The van der Waals surface area contributed by atoms with Gasteiger partial charge in [-0.2, -0.15) is 5.10 Å². The van der Waals surface area contributed by atoms with Gasteiger partial charge in [0, 0.05) is 42.9 Å². The lowest BCUT2D eigenvalue weighted by atomic mass is 10.0. The number of benzene rings is 1. The maximum atomic E-state index is 13.7. The number of halogens is 1. The summed E-state index contributed by atoms with van der Waals surface area (Å²) in [5.74, 6) is -0.188. The van der Waals surface area contributed by atoms with Crippen molar-refractivity contribution in [2.45, 2.75) is 45.7 Å². The smallest absolute Gasteiger partial charge is 0.327 e. The predicted molar refractivity (Wildman–Crippen MR) is 136 cm³/mol. The van der Waals surface area contributed by atoms with Crippen molar-refractivity contribution in [3.05, 3.63) is 58.4 Å². The number of hydrogen-bond donors (Lipinski definition) is 0. The lowest BCUT2D eigenvalue weighted by Crippen LogP contribution is -2.51. The van der Waals surface area contributed by atoms with Crippen LogP contribution in [-0.4, -0.2) is 69.7 Å². The third-order valence-corrected chi connectivity index (χ3v) is 6.73. The Morgan fingerprint density at radius 1 is 1.03 bits per heavy atom. The molecule has 0 saturated carbocycles. The fourth-order valence-corrected chi connectivity index (χ4v) is 4.62. The number of ether oxygens (including phenoxy) is 1. The number of piperazine rings is 1. The minimum absolute atomic E-state index is 0.0385. The van der Waals surface area contributed by atoms with Crippen molar-refractivity contribution in [2.75, 3.05) is 33.3 Å². The van der Waals surface area contributed by atoms with E-state index in [1.165, 1.54) is 7.11 Å². The summed E-state index contributed by atoms with van der Waals surface area (Å²) < 4.78 is 6.95. The van der Waals surface area contributed by atoms with Gasteiger partial charge in [-0.3, -0.25) is 9.69 Å². The molecule has 9 heteroatoms. The number of carbonyl (C=O) groups excluding carboxylic acids is 2. The van der Waals surface area contributed by atoms with Crippen LogP contribution in [0.3, 0.4) is 0 Å². The second kappa shape index (κ2) is 10.3. The number of pyridine rings is 1. The van der Waals surface area contributed by atoms with Gasteiger partial charge < -0.3 is 9.64 Å². The highest BCUT2D eigenvalue weighted by molar-refractivity contribution is 6.30. The zero-order valence-electron chi connectivity index (χ0n) is 20.9. The van der Waals surface area contributed by atoms with Gasteiger partial charge in [0.1, 0.15) is 6.04 Å². The van der Waals surface area contributed by atoms with Crippen LogP contribution in [0.2, 0.25) is 5.02 Å². The molecule has 0 aliphatic carbocycles. The molecule has 0 radical (unpaired) electrons. The van der Waals surface area contributed by atoms with Crippen LogP contribution >= 0.6 is 11.6 Å². The van der Waals surface area contributed by atoms with Crippen LogP contribution in [0.4, 0.5) is 0 Å². The summed E-state index contributed by atoms with van der Waals surface area (Å²) in [7, 11) is 1.39. The number of esters is 1. The molecule has 3 heterocycles. The zero-order valence-corrected chi connectivity index (χ0v) is 21.6. The number of hydrogen-bond acceptors (Lipinski definition) is 6. The number of aromatic nitrogens is 3. The van der Waals surface area contributed by atoms with Gasteiger partial charge in [0.15, 0.2) is 5.65 Å². The minimum Gasteiger partial charge on any atom is -0.468 e. The summed E-state index contributed by atoms with van der Waals surface area (Å²) in [5.41, 5.74) is 3.05. The monoisotopic (exact) mass is 497 g/mol. The third-order valence-electron chi connectivity index (χ3n) is 6.47. The number of amides is 1. The molecule has 4 rings (SSSR count). The maximum Gasteiger partial charge on any atom is 0.327 e. The van der Waals surface area contributed by atoms with E-state index >= 15 is 0 Å². The molecule has 1 saturated heterocycles. The Kier molecular flexibility index (Phi) is 7.42. The number of rotatable bonds is 6. The van der Waals surface area contributed by atoms with E-state index in [0.717, 1.165) is 22.3 Å². The standard InChI is InChI=1S/C26H32ClN5O3/c1-16(2)22-14-20(21-15-28-32(17(3)4)24(21)29-22)25(33)31-12-10-30(11-13-31)23(26(34)35-5)18-6-8-19(27)9-7-18/h6-9,14-17,23H,10-13H2,1-5H3. The van der Waals surface area contributed by atoms with E-state index in [-0.39, 0.29) is 23.8 Å². The summed E-state index contributed by atoms with van der Waals surface area (Å²) in [6.45, 7) is 10.3. The van der Waals surface area contributed by atoms with E-state index in [1.807, 2.05) is 27.8 Å². The summed E-state index contributed by atoms with van der Waals surface area (Å²) >= 11 is 6.03. The van der Waals surface area contributed by atoms with Crippen molar-refractivity contribution < 1.29 is 14.3 Å². The van der Waals surface area contributed by atoms with Gasteiger partial charge in [-0.1, -0.05) is 37.6 Å². The Hall–Kier alpha value is -2.97. The van der Waals surface area contributed by atoms with Gasteiger partial charge in [-0.15, -0.1) is 0 Å². The fourth-order valence-electron chi connectivity index (χ4n) is 4.49. The van der Waals surface area contributed by atoms with E-state index in [1.54, 1.807) is 18.3 Å². The highest BCUT2D eigenvalue weighted by atomic mass is 35.5. The molecule has 0 N–H and O–H groups in total. The van der Waals surface area contributed by atoms with Crippen molar-refractivity contribution in [3.63, 3.8) is 0 Å². The van der Waals surface area contributed by atoms with E-state index in [0.29, 0.717) is 36.8 Å². The molecule has 35 heavy (non-hydrogen) atoms.